The van der Waals surface area contributed by atoms with Gasteiger partial charge in [0.15, 0.2) is 0 Å². The Bertz CT molecular complexity index is 597. The van der Waals surface area contributed by atoms with Crippen molar-refractivity contribution in [3.05, 3.63) is 68.7 Å². The van der Waals surface area contributed by atoms with Gasteiger partial charge < -0.3 is 5.32 Å². The highest BCUT2D eigenvalue weighted by Crippen LogP contribution is 2.27. The van der Waals surface area contributed by atoms with E-state index >= 15 is 0 Å². The molecule has 0 radical (unpaired) electrons. The van der Waals surface area contributed by atoms with Crippen molar-refractivity contribution in [1.29, 1.82) is 0 Å². The molecule has 2 rings (SSSR count). The van der Waals surface area contributed by atoms with E-state index in [1.807, 2.05) is 31.2 Å². The van der Waals surface area contributed by atoms with E-state index in [1.54, 1.807) is 12.1 Å². The van der Waals surface area contributed by atoms with E-state index in [0.29, 0.717) is 17.1 Å². The minimum atomic E-state index is -0.419. The Hall–Kier alpha value is -2.07. The lowest BCUT2D eigenvalue weighted by molar-refractivity contribution is -0.385. The Labute approximate surface area is 116 Å². The topological polar surface area (TPSA) is 55.2 Å². The zero-order valence-electron chi connectivity index (χ0n) is 10.4. The highest BCUT2D eigenvalue weighted by atomic mass is 35.5. The zero-order chi connectivity index (χ0) is 13.8. The number of anilines is 1. The second-order valence-electron chi connectivity index (χ2n) is 4.21. The summed E-state index contributed by atoms with van der Waals surface area (Å²) in [5.74, 6) is 0. The first-order chi connectivity index (χ1) is 9.08. The Morgan fingerprint density at radius 3 is 2.53 bits per heavy atom. The molecule has 98 valence electrons. The predicted octanol–water partition coefficient (Wildman–Crippen LogP) is 4.17. The van der Waals surface area contributed by atoms with Gasteiger partial charge in [-0.15, -0.1) is 0 Å². The Balaban J connectivity index is 2.19. The number of nitro groups is 1. The van der Waals surface area contributed by atoms with Crippen LogP contribution in [0.1, 0.15) is 11.1 Å². The van der Waals surface area contributed by atoms with Crippen molar-refractivity contribution in [1.82, 2.24) is 0 Å². The zero-order valence-corrected chi connectivity index (χ0v) is 11.1. The fourth-order valence-electron chi connectivity index (χ4n) is 1.76. The molecule has 2 aromatic rings. The van der Waals surface area contributed by atoms with Crippen molar-refractivity contribution in [3.8, 4) is 0 Å². The van der Waals surface area contributed by atoms with Crippen LogP contribution in [0.25, 0.3) is 0 Å². The van der Waals surface area contributed by atoms with Crippen LogP contribution in [0.5, 0.6) is 0 Å². The molecule has 0 fully saturated rings. The maximum atomic E-state index is 10.9. The van der Waals surface area contributed by atoms with Gasteiger partial charge in [0, 0.05) is 18.3 Å². The number of benzene rings is 2. The maximum absolute atomic E-state index is 10.9. The van der Waals surface area contributed by atoms with Crippen molar-refractivity contribution in [2.45, 2.75) is 13.5 Å². The standard InChI is InChI=1S/C14H13ClN2O2/c1-10-5-7-11(8-6-10)16-9-12-13(15)3-2-4-14(12)17(18)19/h2-8,16H,9H2,1H3. The van der Waals surface area contributed by atoms with Crippen molar-refractivity contribution in [2.75, 3.05) is 5.32 Å². The number of aryl methyl sites for hydroxylation is 1. The third kappa shape index (κ3) is 3.23. The molecule has 0 aliphatic heterocycles. The molecule has 0 heterocycles. The first-order valence-electron chi connectivity index (χ1n) is 5.80. The summed E-state index contributed by atoms with van der Waals surface area (Å²) in [7, 11) is 0. The average molecular weight is 277 g/mol. The Morgan fingerprint density at radius 1 is 1.21 bits per heavy atom. The smallest absolute Gasteiger partial charge is 0.275 e. The van der Waals surface area contributed by atoms with E-state index in [-0.39, 0.29) is 5.69 Å². The highest BCUT2D eigenvalue weighted by Gasteiger charge is 2.15. The number of halogens is 1. The molecule has 4 nitrogen and oxygen atoms in total. The molecule has 0 unspecified atom stereocenters. The number of hydrogen-bond acceptors (Lipinski definition) is 3. The van der Waals surface area contributed by atoms with Crippen LogP contribution in [0.3, 0.4) is 0 Å². The van der Waals surface area contributed by atoms with Crippen molar-refractivity contribution < 1.29 is 4.92 Å². The van der Waals surface area contributed by atoms with Crippen molar-refractivity contribution >= 4 is 23.0 Å². The molecule has 0 bridgehead atoms. The van der Waals surface area contributed by atoms with Crippen molar-refractivity contribution in [2.24, 2.45) is 0 Å². The predicted molar refractivity (Wildman–Crippen MR) is 76.6 cm³/mol. The summed E-state index contributed by atoms with van der Waals surface area (Å²) >= 11 is 6.02. The maximum Gasteiger partial charge on any atom is 0.275 e. The van der Waals surface area contributed by atoms with Gasteiger partial charge in [0.1, 0.15) is 0 Å². The second kappa shape index (κ2) is 5.71. The molecule has 0 aliphatic carbocycles. The van der Waals surface area contributed by atoms with Crippen LogP contribution in [0.15, 0.2) is 42.5 Å². The number of nitrogens with zero attached hydrogens (tertiary/aromatic N) is 1. The highest BCUT2D eigenvalue weighted by molar-refractivity contribution is 6.31. The summed E-state index contributed by atoms with van der Waals surface area (Å²) in [5.41, 5.74) is 2.59. The quantitative estimate of drug-likeness (QED) is 0.673. The molecule has 1 N–H and O–H groups in total. The minimum Gasteiger partial charge on any atom is -0.381 e. The largest absolute Gasteiger partial charge is 0.381 e. The molecular formula is C14H13ClN2O2. The van der Waals surface area contributed by atoms with Gasteiger partial charge in [0.2, 0.25) is 0 Å². The van der Waals surface area contributed by atoms with Crippen LogP contribution < -0.4 is 5.32 Å². The van der Waals surface area contributed by atoms with Crippen LogP contribution in [-0.2, 0) is 6.54 Å². The molecule has 0 aliphatic rings. The van der Waals surface area contributed by atoms with Gasteiger partial charge >= 0.3 is 0 Å². The molecule has 2 aromatic carbocycles. The van der Waals surface area contributed by atoms with E-state index in [9.17, 15) is 10.1 Å². The van der Waals surface area contributed by atoms with Gasteiger partial charge in [-0.25, -0.2) is 0 Å². The van der Waals surface area contributed by atoms with E-state index < -0.39 is 4.92 Å². The van der Waals surface area contributed by atoms with Crippen LogP contribution >= 0.6 is 11.6 Å². The van der Waals surface area contributed by atoms with Gasteiger partial charge in [-0.2, -0.15) is 0 Å². The molecule has 19 heavy (non-hydrogen) atoms. The first-order valence-corrected chi connectivity index (χ1v) is 6.18. The summed E-state index contributed by atoms with van der Waals surface area (Å²) in [6, 6.07) is 12.5. The summed E-state index contributed by atoms with van der Waals surface area (Å²) in [5, 5.41) is 14.5. The van der Waals surface area contributed by atoms with Crippen LogP contribution in [0.4, 0.5) is 11.4 Å². The first kappa shape index (κ1) is 13.4. The molecule has 0 atom stereocenters. The SMILES string of the molecule is Cc1ccc(NCc2c(Cl)cccc2[N+](=O)[O-])cc1. The van der Waals surface area contributed by atoms with Crippen LogP contribution in [-0.4, -0.2) is 4.92 Å². The normalized spacial score (nSPS) is 10.2. The van der Waals surface area contributed by atoms with Crippen molar-refractivity contribution in [3.63, 3.8) is 0 Å². The summed E-state index contributed by atoms with van der Waals surface area (Å²) in [6.45, 7) is 2.32. The fourth-order valence-corrected chi connectivity index (χ4v) is 1.99. The molecule has 0 saturated heterocycles. The fraction of sp³-hybridized carbons (Fsp3) is 0.143. The lowest BCUT2D eigenvalue weighted by Crippen LogP contribution is -2.03. The van der Waals surface area contributed by atoms with Crippen LogP contribution in [0, 0.1) is 17.0 Å². The average Bonchev–Trinajstić information content (AvgIpc) is 2.39. The lowest BCUT2D eigenvalue weighted by atomic mass is 10.1. The molecule has 5 heteroatoms. The minimum absolute atomic E-state index is 0.0344. The summed E-state index contributed by atoms with van der Waals surface area (Å²) < 4.78 is 0. The van der Waals surface area contributed by atoms with E-state index in [0.717, 1.165) is 11.3 Å². The van der Waals surface area contributed by atoms with Gasteiger partial charge in [-0.1, -0.05) is 35.4 Å². The molecule has 0 spiro atoms. The monoisotopic (exact) mass is 276 g/mol. The van der Waals surface area contributed by atoms with E-state index in [1.165, 1.54) is 6.07 Å². The van der Waals surface area contributed by atoms with Gasteiger partial charge in [-0.3, -0.25) is 10.1 Å². The molecule has 0 amide bonds. The lowest BCUT2D eigenvalue weighted by Gasteiger charge is -2.08. The molecular weight excluding hydrogens is 264 g/mol. The van der Waals surface area contributed by atoms with Gasteiger partial charge in [0.05, 0.1) is 15.5 Å². The number of nitrogens with one attached hydrogen (secondary N) is 1. The summed E-state index contributed by atoms with van der Waals surface area (Å²) in [6.07, 6.45) is 0. The Kier molecular flexibility index (Phi) is 4.02. The van der Waals surface area contributed by atoms with E-state index in [4.69, 9.17) is 11.6 Å². The Morgan fingerprint density at radius 2 is 1.89 bits per heavy atom. The number of rotatable bonds is 4. The van der Waals surface area contributed by atoms with Crippen LogP contribution in [0.2, 0.25) is 5.02 Å². The van der Waals surface area contributed by atoms with Gasteiger partial charge in [0.25, 0.3) is 5.69 Å². The third-order valence-corrected chi connectivity index (χ3v) is 3.17. The second-order valence-corrected chi connectivity index (χ2v) is 4.62. The molecule has 0 saturated carbocycles. The van der Waals surface area contributed by atoms with Gasteiger partial charge in [-0.05, 0) is 25.1 Å². The molecule has 0 aromatic heterocycles. The summed E-state index contributed by atoms with van der Waals surface area (Å²) in [4.78, 5) is 10.5. The number of hydrogen-bond donors (Lipinski definition) is 1. The third-order valence-electron chi connectivity index (χ3n) is 2.81. The number of nitro benzene ring substituents is 1. The van der Waals surface area contributed by atoms with E-state index in [2.05, 4.69) is 5.32 Å².